The molecule has 3 rings (SSSR count). The Balaban J connectivity index is 1.83. The minimum Gasteiger partial charge on any atom is -0.354 e. The number of rotatable bonds is 4. The molecule has 2 saturated heterocycles. The predicted molar refractivity (Wildman–Crippen MR) is 96.1 cm³/mol. The van der Waals surface area contributed by atoms with E-state index < -0.39 is 15.1 Å². The number of hydrogen-bond acceptors (Lipinski definition) is 6. The summed E-state index contributed by atoms with van der Waals surface area (Å²) in [5.41, 5.74) is 1.04. The quantitative estimate of drug-likeness (QED) is 0.847. The maximum Gasteiger partial charge on any atom is 0.225 e. The highest BCUT2D eigenvalue weighted by molar-refractivity contribution is 7.92. The molecule has 0 radical (unpaired) electrons. The number of sulfone groups is 1. The lowest BCUT2D eigenvalue weighted by Gasteiger charge is -2.32. The highest BCUT2D eigenvalue weighted by Crippen LogP contribution is 2.38. The van der Waals surface area contributed by atoms with Crippen LogP contribution in [-0.2, 0) is 21.1 Å². The van der Waals surface area contributed by atoms with Crippen molar-refractivity contribution in [2.75, 3.05) is 23.7 Å². The Hall–Kier alpha value is -1.70. The van der Waals surface area contributed by atoms with Gasteiger partial charge in [-0.15, -0.1) is 0 Å². The highest BCUT2D eigenvalue weighted by Gasteiger charge is 2.50. The second kappa shape index (κ2) is 6.90. The lowest BCUT2D eigenvalue weighted by atomic mass is 9.87. The number of amides is 1. The molecule has 2 fully saturated rings. The van der Waals surface area contributed by atoms with Crippen LogP contribution in [0.15, 0.2) is 12.4 Å². The molecule has 2 aliphatic heterocycles. The van der Waals surface area contributed by atoms with Crippen LogP contribution in [0.4, 0.5) is 5.95 Å². The van der Waals surface area contributed by atoms with Gasteiger partial charge in [-0.05, 0) is 32.3 Å². The summed E-state index contributed by atoms with van der Waals surface area (Å²) in [6.07, 6.45) is 4.81. The van der Waals surface area contributed by atoms with Crippen molar-refractivity contribution in [3.05, 3.63) is 18.0 Å². The van der Waals surface area contributed by atoms with Crippen LogP contribution < -0.4 is 10.2 Å². The number of aromatic nitrogens is 2. The molecule has 3 atom stereocenters. The largest absolute Gasteiger partial charge is 0.354 e. The first kappa shape index (κ1) is 18.1. The third-order valence-corrected chi connectivity index (χ3v) is 7.38. The van der Waals surface area contributed by atoms with Crippen LogP contribution in [0.25, 0.3) is 0 Å². The third kappa shape index (κ3) is 3.63. The van der Waals surface area contributed by atoms with Crippen LogP contribution in [0, 0.1) is 11.8 Å². The number of carbonyl (C=O) groups excluding carboxylic acids is 1. The Morgan fingerprint density at radius 3 is 2.60 bits per heavy atom. The van der Waals surface area contributed by atoms with Gasteiger partial charge in [0, 0.05) is 43.4 Å². The van der Waals surface area contributed by atoms with Gasteiger partial charge in [0.25, 0.3) is 0 Å². The number of nitrogens with zero attached hydrogens (tertiary/aromatic N) is 3. The average molecular weight is 366 g/mol. The molecule has 0 aromatic carbocycles. The van der Waals surface area contributed by atoms with Crippen molar-refractivity contribution in [3.8, 4) is 0 Å². The van der Waals surface area contributed by atoms with Gasteiger partial charge in [-0.1, -0.05) is 6.92 Å². The molecule has 1 amide bonds. The van der Waals surface area contributed by atoms with Crippen molar-refractivity contribution in [1.82, 2.24) is 15.3 Å². The van der Waals surface area contributed by atoms with Crippen LogP contribution in [0.1, 0.15) is 32.8 Å². The molecule has 0 saturated carbocycles. The van der Waals surface area contributed by atoms with E-state index in [1.807, 2.05) is 25.7 Å². The van der Waals surface area contributed by atoms with E-state index in [0.717, 1.165) is 12.0 Å². The van der Waals surface area contributed by atoms with E-state index in [1.54, 1.807) is 12.4 Å². The van der Waals surface area contributed by atoms with Crippen molar-refractivity contribution < 1.29 is 13.2 Å². The molecule has 25 heavy (non-hydrogen) atoms. The van der Waals surface area contributed by atoms with Crippen LogP contribution in [0.3, 0.4) is 0 Å². The standard InChI is InChI=1S/C17H26N4O3S/c1-4-12-7-18-17(19-8-12)21-9-14-13(16(22)20-11(2)3)5-6-25(23,24)15(14)10-21/h7-8,11,13-15H,4-6,9-10H2,1-3H3,(H,20,22)/t13-,14+,15+/m0/s1. The van der Waals surface area contributed by atoms with Gasteiger partial charge >= 0.3 is 0 Å². The van der Waals surface area contributed by atoms with Crippen molar-refractivity contribution in [2.24, 2.45) is 11.8 Å². The number of hydrogen-bond donors (Lipinski definition) is 1. The van der Waals surface area contributed by atoms with E-state index in [9.17, 15) is 13.2 Å². The molecular weight excluding hydrogens is 340 g/mol. The van der Waals surface area contributed by atoms with Crippen molar-refractivity contribution >= 4 is 21.7 Å². The summed E-state index contributed by atoms with van der Waals surface area (Å²) >= 11 is 0. The van der Waals surface area contributed by atoms with E-state index in [1.165, 1.54) is 0 Å². The van der Waals surface area contributed by atoms with Gasteiger partial charge in [0.2, 0.25) is 11.9 Å². The molecule has 2 aliphatic rings. The van der Waals surface area contributed by atoms with Crippen LogP contribution in [0.2, 0.25) is 0 Å². The summed E-state index contributed by atoms with van der Waals surface area (Å²) in [6.45, 7) is 6.74. The molecule has 0 spiro atoms. The summed E-state index contributed by atoms with van der Waals surface area (Å²) in [5, 5.41) is 2.42. The minimum atomic E-state index is -3.19. The summed E-state index contributed by atoms with van der Waals surface area (Å²) in [4.78, 5) is 23.2. The maximum absolute atomic E-state index is 12.5. The number of nitrogens with one attached hydrogen (secondary N) is 1. The van der Waals surface area contributed by atoms with E-state index in [0.29, 0.717) is 25.5 Å². The lowest BCUT2D eigenvalue weighted by molar-refractivity contribution is -0.127. The molecular formula is C17H26N4O3S. The lowest BCUT2D eigenvalue weighted by Crippen LogP contribution is -2.48. The molecule has 0 bridgehead atoms. The van der Waals surface area contributed by atoms with Gasteiger partial charge in [-0.3, -0.25) is 4.79 Å². The van der Waals surface area contributed by atoms with Gasteiger partial charge in [0.1, 0.15) is 0 Å². The summed E-state index contributed by atoms with van der Waals surface area (Å²) < 4.78 is 25.1. The molecule has 1 aromatic heterocycles. The number of anilines is 1. The number of fused-ring (bicyclic) bond motifs is 1. The van der Waals surface area contributed by atoms with Crippen LogP contribution in [-0.4, -0.2) is 54.4 Å². The molecule has 138 valence electrons. The third-order valence-electron chi connectivity index (χ3n) is 5.15. The van der Waals surface area contributed by atoms with E-state index in [4.69, 9.17) is 0 Å². The van der Waals surface area contributed by atoms with Gasteiger partial charge in [-0.25, -0.2) is 18.4 Å². The monoisotopic (exact) mass is 366 g/mol. The highest BCUT2D eigenvalue weighted by atomic mass is 32.2. The topological polar surface area (TPSA) is 92.3 Å². The van der Waals surface area contributed by atoms with Crippen LogP contribution in [0.5, 0.6) is 0 Å². The molecule has 1 N–H and O–H groups in total. The fourth-order valence-electron chi connectivity index (χ4n) is 3.80. The normalized spacial score (nSPS) is 28.0. The first-order chi connectivity index (χ1) is 11.8. The minimum absolute atomic E-state index is 0.0380. The van der Waals surface area contributed by atoms with Crippen molar-refractivity contribution in [1.29, 1.82) is 0 Å². The Labute approximate surface area is 149 Å². The molecule has 0 aliphatic carbocycles. The Kier molecular flexibility index (Phi) is 4.99. The second-order valence-corrected chi connectivity index (χ2v) is 9.62. The first-order valence-electron chi connectivity index (χ1n) is 8.89. The molecule has 3 heterocycles. The van der Waals surface area contributed by atoms with Crippen molar-refractivity contribution in [3.63, 3.8) is 0 Å². The fourth-order valence-corrected chi connectivity index (χ4v) is 5.90. The zero-order valence-corrected chi connectivity index (χ0v) is 15.8. The molecule has 0 unspecified atom stereocenters. The number of aryl methyl sites for hydroxylation is 1. The van der Waals surface area contributed by atoms with Gasteiger partial charge in [-0.2, -0.15) is 0 Å². The first-order valence-corrected chi connectivity index (χ1v) is 10.6. The summed E-state index contributed by atoms with van der Waals surface area (Å²) in [6, 6.07) is 0.0481. The Morgan fingerprint density at radius 2 is 2.00 bits per heavy atom. The predicted octanol–water partition coefficient (Wildman–Crippen LogP) is 0.803. The fraction of sp³-hybridized carbons (Fsp3) is 0.706. The summed E-state index contributed by atoms with van der Waals surface area (Å²) in [5.74, 6) is 0.116. The number of carbonyl (C=O) groups is 1. The smallest absolute Gasteiger partial charge is 0.225 e. The van der Waals surface area contributed by atoms with E-state index >= 15 is 0 Å². The van der Waals surface area contributed by atoms with Crippen molar-refractivity contribution in [2.45, 2.75) is 44.9 Å². The van der Waals surface area contributed by atoms with Gasteiger partial charge in [0.05, 0.1) is 11.0 Å². The maximum atomic E-state index is 12.5. The average Bonchev–Trinajstić information content (AvgIpc) is 3.01. The zero-order chi connectivity index (χ0) is 18.2. The Morgan fingerprint density at radius 1 is 1.32 bits per heavy atom. The van der Waals surface area contributed by atoms with E-state index in [2.05, 4.69) is 15.3 Å². The molecule has 1 aromatic rings. The SMILES string of the molecule is CCc1cnc(N2C[C@@H]3[C@@H](C(=O)NC(C)C)CCS(=O)(=O)[C@@H]3C2)nc1. The van der Waals surface area contributed by atoms with Gasteiger partial charge in [0.15, 0.2) is 9.84 Å². The Bertz CT molecular complexity index is 733. The second-order valence-electron chi connectivity index (χ2n) is 7.28. The molecule has 7 nitrogen and oxygen atoms in total. The molecule has 8 heteroatoms. The van der Waals surface area contributed by atoms with Gasteiger partial charge < -0.3 is 10.2 Å². The zero-order valence-electron chi connectivity index (χ0n) is 15.0. The summed E-state index contributed by atoms with van der Waals surface area (Å²) in [7, 11) is -3.19. The van der Waals surface area contributed by atoms with E-state index in [-0.39, 0.29) is 29.5 Å². The van der Waals surface area contributed by atoms with Crippen LogP contribution >= 0.6 is 0 Å².